The summed E-state index contributed by atoms with van der Waals surface area (Å²) < 4.78 is 37.6. The van der Waals surface area contributed by atoms with Crippen molar-refractivity contribution in [3.05, 3.63) is 115 Å². The number of hydrogen-bond acceptors (Lipinski definition) is 8. The molecular weight excluding hydrogens is 825 g/mol. The lowest BCUT2D eigenvalue weighted by molar-refractivity contribution is -0.143. The summed E-state index contributed by atoms with van der Waals surface area (Å²) in [5.41, 5.74) is 11.8. The van der Waals surface area contributed by atoms with Crippen molar-refractivity contribution in [2.75, 3.05) is 40.6 Å². The predicted molar refractivity (Wildman–Crippen MR) is 268 cm³/mol. The molecule has 8 bridgehead atoms. The fraction of sp³-hybridized carbons (Fsp3) is 0.552. The second-order valence-electron chi connectivity index (χ2n) is 22.3. The van der Waals surface area contributed by atoms with Gasteiger partial charge in [0.05, 0.1) is 27.4 Å². The van der Waals surface area contributed by atoms with Crippen LogP contribution in [0, 0.1) is 0 Å². The van der Waals surface area contributed by atoms with Crippen LogP contribution in [0.4, 0.5) is 0 Å². The van der Waals surface area contributed by atoms with Crippen LogP contribution in [-0.2, 0) is 66.4 Å². The molecule has 0 aromatic heterocycles. The third-order valence-electron chi connectivity index (χ3n) is 12.6. The number of carbonyl (C=O) groups excluding carboxylic acids is 2. The number of fused-ring (bicyclic) bond motifs is 8. The van der Waals surface area contributed by atoms with Crippen LogP contribution in [0.25, 0.3) is 0 Å². The van der Waals surface area contributed by atoms with Gasteiger partial charge in [0.25, 0.3) is 0 Å². The highest BCUT2D eigenvalue weighted by atomic mass is 16.6. The van der Waals surface area contributed by atoms with Gasteiger partial charge in [0.1, 0.15) is 23.0 Å². The number of unbranched alkanes of at least 4 members (excludes halogenated alkanes) is 2. The molecule has 5 rings (SSSR count). The maximum atomic E-state index is 12.9. The molecule has 8 heteroatoms. The lowest BCUT2D eigenvalue weighted by Gasteiger charge is -2.29. The molecule has 0 atom stereocenters. The average molecular weight is 905 g/mol. The zero-order valence-corrected chi connectivity index (χ0v) is 43.4. The van der Waals surface area contributed by atoms with Gasteiger partial charge >= 0.3 is 11.9 Å². The molecule has 1 aliphatic carbocycles. The maximum Gasteiger partial charge on any atom is 0.343 e. The first-order valence-electron chi connectivity index (χ1n) is 24.2. The van der Waals surface area contributed by atoms with E-state index in [-0.39, 0.29) is 34.9 Å². The zero-order chi connectivity index (χ0) is 48.8. The number of hydrogen-bond donors (Lipinski definition) is 0. The Kier molecular flexibility index (Phi) is 16.8. The molecule has 1 aliphatic rings. The molecule has 0 N–H and O–H groups in total. The normalized spacial score (nSPS) is 13.2. The zero-order valence-electron chi connectivity index (χ0n) is 43.4. The van der Waals surface area contributed by atoms with E-state index in [1.54, 1.807) is 0 Å². The third kappa shape index (κ3) is 13.1. The van der Waals surface area contributed by atoms with Crippen molar-refractivity contribution in [3.63, 3.8) is 0 Å². The molecule has 4 aromatic carbocycles. The van der Waals surface area contributed by atoms with E-state index in [1.807, 2.05) is 0 Å². The van der Waals surface area contributed by atoms with Gasteiger partial charge in [0, 0.05) is 25.7 Å². The number of rotatable bonds is 14. The summed E-state index contributed by atoms with van der Waals surface area (Å²) in [5, 5.41) is 0. The van der Waals surface area contributed by atoms with Crippen molar-refractivity contribution < 1.29 is 38.0 Å². The first kappa shape index (κ1) is 52.0. The van der Waals surface area contributed by atoms with Crippen LogP contribution in [0.5, 0.6) is 23.0 Å². The molecule has 0 unspecified atom stereocenters. The van der Waals surface area contributed by atoms with E-state index in [2.05, 4.69) is 145 Å². The molecule has 0 saturated heterocycles. The Morgan fingerprint density at radius 1 is 0.394 bits per heavy atom. The topological polar surface area (TPSA) is 89.5 Å². The van der Waals surface area contributed by atoms with Gasteiger partial charge in [0.2, 0.25) is 0 Å². The molecule has 0 radical (unpaired) electrons. The highest BCUT2D eigenvalue weighted by Gasteiger charge is 2.30. The molecule has 0 fully saturated rings. The van der Waals surface area contributed by atoms with E-state index < -0.39 is 11.9 Å². The summed E-state index contributed by atoms with van der Waals surface area (Å²) in [5.74, 6) is 2.11. The van der Waals surface area contributed by atoms with Crippen LogP contribution in [0.3, 0.4) is 0 Å². The minimum Gasteiger partial charge on any atom is -0.493 e. The quantitative estimate of drug-likeness (QED) is 0.0804. The average Bonchev–Trinajstić information content (AvgIpc) is 3.22. The Balaban J connectivity index is 2.03. The van der Waals surface area contributed by atoms with Gasteiger partial charge in [0.15, 0.2) is 13.2 Å². The predicted octanol–water partition coefficient (Wildman–Crippen LogP) is 13.0. The lowest BCUT2D eigenvalue weighted by atomic mass is 9.79. The Morgan fingerprint density at radius 2 is 0.606 bits per heavy atom. The van der Waals surface area contributed by atoms with Crippen LogP contribution in [-0.4, -0.2) is 52.6 Å². The monoisotopic (exact) mass is 905 g/mol. The Hall–Kier alpha value is -4.98. The van der Waals surface area contributed by atoms with Gasteiger partial charge in [-0.05, 0) is 101 Å². The van der Waals surface area contributed by atoms with E-state index in [0.717, 1.165) is 92.8 Å². The minimum absolute atomic E-state index is 0.209. The van der Waals surface area contributed by atoms with Gasteiger partial charge in [-0.1, -0.05) is 158 Å². The third-order valence-corrected chi connectivity index (χ3v) is 12.6. The number of benzene rings is 4. The van der Waals surface area contributed by atoms with Gasteiger partial charge in [-0.15, -0.1) is 0 Å². The number of ether oxygens (including phenoxy) is 6. The molecule has 0 saturated carbocycles. The Bertz CT molecular complexity index is 2080. The largest absolute Gasteiger partial charge is 0.493 e. The number of carbonyl (C=O) groups is 2. The van der Waals surface area contributed by atoms with E-state index in [0.29, 0.717) is 50.4 Å². The lowest BCUT2D eigenvalue weighted by Crippen LogP contribution is -2.19. The second-order valence-corrected chi connectivity index (χ2v) is 22.3. The van der Waals surface area contributed by atoms with Crippen LogP contribution in [0.1, 0.15) is 189 Å². The van der Waals surface area contributed by atoms with Crippen molar-refractivity contribution in [2.24, 2.45) is 0 Å². The summed E-state index contributed by atoms with van der Waals surface area (Å²) in [4.78, 5) is 25.9. The van der Waals surface area contributed by atoms with Crippen molar-refractivity contribution in [2.45, 2.75) is 170 Å². The van der Waals surface area contributed by atoms with Crippen LogP contribution >= 0.6 is 0 Å². The van der Waals surface area contributed by atoms with Gasteiger partial charge in [-0.2, -0.15) is 0 Å². The molecular formula is C58H80O8. The highest BCUT2D eigenvalue weighted by molar-refractivity contribution is 5.72. The Morgan fingerprint density at radius 3 is 0.788 bits per heavy atom. The van der Waals surface area contributed by atoms with E-state index in [1.165, 1.54) is 25.3 Å². The molecule has 0 spiro atoms. The van der Waals surface area contributed by atoms with Gasteiger partial charge in [-0.3, -0.25) is 0 Å². The fourth-order valence-corrected chi connectivity index (χ4v) is 8.38. The highest BCUT2D eigenvalue weighted by Crippen LogP contribution is 2.44. The van der Waals surface area contributed by atoms with E-state index in [4.69, 9.17) is 28.4 Å². The van der Waals surface area contributed by atoms with Crippen LogP contribution in [0.15, 0.2) is 48.5 Å². The SMILES string of the molecule is CCCCOc1c2cc(C(C)(C)C)cc1Cc1cc(C(C)(C)C)cc(c1OCC(=O)OC)Cc1cc(C(C)(C)C)cc(c1OCCCC)Cc1cc(C(C)(C)C)cc(c1OCC(=O)OC)C2. The minimum atomic E-state index is -0.448. The van der Waals surface area contributed by atoms with E-state index in [9.17, 15) is 9.59 Å². The molecule has 360 valence electrons. The summed E-state index contributed by atoms with van der Waals surface area (Å²) in [6.45, 7) is 31.9. The smallest absolute Gasteiger partial charge is 0.343 e. The van der Waals surface area contributed by atoms with Gasteiger partial charge < -0.3 is 28.4 Å². The maximum absolute atomic E-state index is 12.9. The summed E-state index contributed by atoms with van der Waals surface area (Å²) in [6.07, 6.45) is 5.69. The summed E-state index contributed by atoms with van der Waals surface area (Å²) >= 11 is 0. The Labute approximate surface area is 397 Å². The first-order chi connectivity index (χ1) is 30.9. The molecule has 4 aromatic rings. The van der Waals surface area contributed by atoms with Crippen molar-refractivity contribution in [1.29, 1.82) is 0 Å². The van der Waals surface area contributed by atoms with Crippen molar-refractivity contribution in [3.8, 4) is 23.0 Å². The van der Waals surface area contributed by atoms with E-state index >= 15 is 0 Å². The second kappa shape index (κ2) is 21.3. The van der Waals surface area contributed by atoms with Crippen LogP contribution in [0.2, 0.25) is 0 Å². The number of esters is 2. The fourth-order valence-electron chi connectivity index (χ4n) is 8.38. The molecule has 0 heterocycles. The van der Waals surface area contributed by atoms with Gasteiger partial charge in [-0.25, -0.2) is 9.59 Å². The number of methoxy groups -OCH3 is 2. The van der Waals surface area contributed by atoms with Crippen molar-refractivity contribution >= 4 is 11.9 Å². The van der Waals surface area contributed by atoms with Crippen LogP contribution < -0.4 is 18.9 Å². The first-order valence-corrected chi connectivity index (χ1v) is 24.2. The summed E-state index contributed by atoms with van der Waals surface area (Å²) in [6, 6.07) is 18.2. The molecule has 66 heavy (non-hydrogen) atoms. The molecule has 8 nitrogen and oxygen atoms in total. The standard InChI is InChI=1S/C58H80O8/c1-17-19-21-63-51-37-23-41-31-47(57(9,10)11)33-43(53(41)65-35-49(59)61-15)25-39-29-46(56(6,7)8)30-40(52(39)64-22-20-18-2)26-44-34-48(58(12,13)14)32-42(54(44)66-36-50(60)62-16)24-38(51)28-45(27-37)55(3,4)5/h27-34H,17-26,35-36H2,1-16H3. The van der Waals surface area contributed by atoms with Crippen molar-refractivity contribution in [1.82, 2.24) is 0 Å². The molecule has 0 amide bonds. The molecule has 0 aliphatic heterocycles. The summed E-state index contributed by atoms with van der Waals surface area (Å²) in [7, 11) is 2.79.